The molecule has 2 aromatic rings. The molecule has 0 aliphatic carbocycles. The van der Waals surface area contributed by atoms with Crippen LogP contribution in [0.2, 0.25) is 0 Å². The highest BCUT2D eigenvalue weighted by molar-refractivity contribution is 7.74. The lowest BCUT2D eigenvalue weighted by Gasteiger charge is -2.24. The SMILES string of the molecule is Cc1ccc(C(OS(=O)[O-])C2Cc3c(C(=O)O)ccc([N+](=O)[O-])c3O2)cc1. The summed E-state index contributed by atoms with van der Waals surface area (Å²) in [5, 5.41) is 20.6. The van der Waals surface area contributed by atoms with E-state index < -0.39 is 34.5 Å². The number of hydrogen-bond acceptors (Lipinski definition) is 7. The molecule has 0 saturated heterocycles. The highest BCUT2D eigenvalue weighted by Gasteiger charge is 2.39. The third-order valence-corrected chi connectivity index (χ3v) is 4.63. The second-order valence-corrected chi connectivity index (χ2v) is 6.59. The van der Waals surface area contributed by atoms with Crippen LogP contribution in [-0.4, -0.2) is 30.9 Å². The van der Waals surface area contributed by atoms with Crippen LogP contribution in [0.5, 0.6) is 5.75 Å². The topological polar surface area (TPSA) is 139 Å². The van der Waals surface area contributed by atoms with Gasteiger partial charge < -0.3 is 14.4 Å². The number of hydrogen-bond donors (Lipinski definition) is 1. The van der Waals surface area contributed by atoms with Gasteiger partial charge in [0.25, 0.3) is 0 Å². The van der Waals surface area contributed by atoms with Gasteiger partial charge in [0, 0.05) is 18.1 Å². The Morgan fingerprint density at radius 3 is 2.56 bits per heavy atom. The first-order valence-corrected chi connectivity index (χ1v) is 8.81. The minimum absolute atomic E-state index is 0.0472. The van der Waals surface area contributed by atoms with Crippen LogP contribution in [0.4, 0.5) is 5.69 Å². The van der Waals surface area contributed by atoms with E-state index >= 15 is 0 Å². The van der Waals surface area contributed by atoms with E-state index in [-0.39, 0.29) is 29.0 Å². The van der Waals surface area contributed by atoms with Gasteiger partial charge in [-0.2, -0.15) is 0 Å². The molecule has 3 unspecified atom stereocenters. The van der Waals surface area contributed by atoms with Gasteiger partial charge in [-0.25, -0.2) is 9.00 Å². The summed E-state index contributed by atoms with van der Waals surface area (Å²) in [6.45, 7) is 1.86. The number of rotatable bonds is 6. The Bertz CT molecular complexity index is 884. The number of carboxylic acid groups (broad SMARTS) is 1. The molecule has 1 aliphatic heterocycles. The van der Waals surface area contributed by atoms with Crippen LogP contribution in [-0.2, 0) is 22.0 Å². The van der Waals surface area contributed by atoms with Crippen molar-refractivity contribution in [3.8, 4) is 5.75 Å². The zero-order valence-corrected chi connectivity index (χ0v) is 14.8. The van der Waals surface area contributed by atoms with E-state index in [9.17, 15) is 28.8 Å². The molecule has 3 rings (SSSR count). The van der Waals surface area contributed by atoms with E-state index in [1.165, 1.54) is 0 Å². The van der Waals surface area contributed by atoms with Gasteiger partial charge in [-0.3, -0.25) is 14.3 Å². The van der Waals surface area contributed by atoms with Gasteiger partial charge in [-0.05, 0) is 18.6 Å². The average Bonchev–Trinajstić information content (AvgIpc) is 3.03. The van der Waals surface area contributed by atoms with Crippen LogP contribution < -0.4 is 4.74 Å². The molecule has 0 radical (unpaired) electrons. The Hall–Kier alpha value is -2.82. The highest BCUT2D eigenvalue weighted by Crippen LogP contribution is 2.43. The van der Waals surface area contributed by atoms with Crippen molar-refractivity contribution in [1.29, 1.82) is 0 Å². The van der Waals surface area contributed by atoms with E-state index in [0.717, 1.165) is 17.7 Å². The second kappa shape index (κ2) is 7.43. The smallest absolute Gasteiger partial charge is 0.336 e. The van der Waals surface area contributed by atoms with Crippen molar-refractivity contribution in [2.24, 2.45) is 0 Å². The Morgan fingerprint density at radius 2 is 2.00 bits per heavy atom. The third-order valence-electron chi connectivity index (χ3n) is 4.27. The van der Waals surface area contributed by atoms with Crippen molar-refractivity contribution >= 4 is 23.0 Å². The van der Waals surface area contributed by atoms with E-state index in [4.69, 9.17) is 8.92 Å². The lowest BCUT2D eigenvalue weighted by molar-refractivity contribution is -0.385. The summed E-state index contributed by atoms with van der Waals surface area (Å²) in [6, 6.07) is 9.02. The fourth-order valence-electron chi connectivity index (χ4n) is 3.03. The molecule has 3 atom stereocenters. The maximum atomic E-state index is 11.4. The first-order valence-electron chi connectivity index (χ1n) is 7.81. The molecule has 1 N–H and O–H groups in total. The Balaban J connectivity index is 2.03. The number of fused-ring (bicyclic) bond motifs is 1. The molecule has 9 nitrogen and oxygen atoms in total. The molecule has 2 aromatic carbocycles. The number of nitro groups is 1. The number of ether oxygens (including phenoxy) is 1. The monoisotopic (exact) mass is 392 g/mol. The van der Waals surface area contributed by atoms with Gasteiger partial charge in [0.1, 0.15) is 12.2 Å². The second-order valence-electron chi connectivity index (χ2n) is 5.99. The standard InChI is InChI=1S/C17H15NO8S/c1-9-2-4-10(5-3-9)15(26-27(23)24)14-8-12-11(17(19)20)6-7-13(18(21)22)16(12)25-14/h2-7,14-15H,8H2,1H3,(H,19,20)(H,23,24)/p-1. The first-order chi connectivity index (χ1) is 12.8. The molecule has 1 aliphatic rings. The molecule has 0 bridgehead atoms. The summed E-state index contributed by atoms with van der Waals surface area (Å²) < 4.78 is 32.9. The van der Waals surface area contributed by atoms with E-state index in [0.29, 0.717) is 5.56 Å². The zero-order chi connectivity index (χ0) is 19.7. The minimum Gasteiger partial charge on any atom is -0.750 e. The lowest BCUT2D eigenvalue weighted by atomic mass is 9.97. The predicted octanol–water partition coefficient (Wildman–Crippen LogP) is 2.46. The number of carboxylic acids is 1. The molecule has 0 aromatic heterocycles. The molecule has 10 heteroatoms. The van der Waals surface area contributed by atoms with E-state index in [1.54, 1.807) is 24.3 Å². The summed E-state index contributed by atoms with van der Waals surface area (Å²) >= 11 is -2.87. The van der Waals surface area contributed by atoms with Gasteiger partial charge in [0.15, 0.2) is 0 Å². The summed E-state index contributed by atoms with van der Waals surface area (Å²) in [5.41, 5.74) is 1.05. The lowest BCUT2D eigenvalue weighted by Crippen LogP contribution is -2.26. The van der Waals surface area contributed by atoms with Crippen molar-refractivity contribution in [2.45, 2.75) is 25.6 Å². The normalized spacial score (nSPS) is 17.6. The number of aromatic carboxylic acids is 1. The third kappa shape index (κ3) is 3.82. The summed E-state index contributed by atoms with van der Waals surface area (Å²) in [7, 11) is 0. The predicted molar refractivity (Wildman–Crippen MR) is 92.1 cm³/mol. The summed E-state index contributed by atoms with van der Waals surface area (Å²) in [6.07, 6.45) is -2.08. The van der Waals surface area contributed by atoms with Gasteiger partial charge in [-0.15, -0.1) is 0 Å². The van der Waals surface area contributed by atoms with E-state index in [1.807, 2.05) is 6.92 Å². The van der Waals surface area contributed by atoms with Gasteiger partial charge >= 0.3 is 11.7 Å². The van der Waals surface area contributed by atoms with Crippen LogP contribution in [0.3, 0.4) is 0 Å². The van der Waals surface area contributed by atoms with Gasteiger partial charge in [0.2, 0.25) is 5.75 Å². The molecule has 0 spiro atoms. The van der Waals surface area contributed by atoms with Crippen molar-refractivity contribution in [3.05, 3.63) is 68.8 Å². The van der Waals surface area contributed by atoms with E-state index in [2.05, 4.69) is 0 Å². The number of benzene rings is 2. The number of carbonyl (C=O) groups is 1. The Kier molecular flexibility index (Phi) is 5.22. The fourth-order valence-corrected chi connectivity index (χ4v) is 3.43. The molecule has 0 amide bonds. The van der Waals surface area contributed by atoms with Crippen LogP contribution in [0.1, 0.15) is 33.2 Å². The van der Waals surface area contributed by atoms with Crippen LogP contribution >= 0.6 is 0 Å². The summed E-state index contributed by atoms with van der Waals surface area (Å²) in [5.74, 6) is -1.44. The molecule has 1 heterocycles. The average molecular weight is 392 g/mol. The number of nitrogens with zero attached hydrogens (tertiary/aromatic N) is 1. The van der Waals surface area contributed by atoms with Crippen LogP contribution in [0.25, 0.3) is 0 Å². The molecule has 27 heavy (non-hydrogen) atoms. The maximum absolute atomic E-state index is 11.4. The number of aryl methyl sites for hydroxylation is 1. The molecule has 0 saturated carbocycles. The number of nitro benzene ring substituents is 1. The quantitative estimate of drug-likeness (QED) is 0.449. The molecular weight excluding hydrogens is 378 g/mol. The van der Waals surface area contributed by atoms with Crippen molar-refractivity contribution in [1.82, 2.24) is 0 Å². The Labute approximate surface area is 156 Å². The fraction of sp³-hybridized carbons (Fsp3) is 0.235. The first kappa shape index (κ1) is 19.0. The van der Waals surface area contributed by atoms with Crippen molar-refractivity contribution in [2.75, 3.05) is 0 Å². The van der Waals surface area contributed by atoms with Gasteiger partial charge in [0.05, 0.1) is 21.8 Å². The molecule has 142 valence electrons. The van der Waals surface area contributed by atoms with Crippen LogP contribution in [0, 0.1) is 17.0 Å². The zero-order valence-electron chi connectivity index (χ0n) is 14.0. The summed E-state index contributed by atoms with van der Waals surface area (Å²) in [4.78, 5) is 22.0. The van der Waals surface area contributed by atoms with Gasteiger partial charge in [-0.1, -0.05) is 29.8 Å². The minimum atomic E-state index is -2.87. The highest BCUT2D eigenvalue weighted by atomic mass is 32.2. The van der Waals surface area contributed by atoms with Crippen molar-refractivity contribution < 1.29 is 32.5 Å². The molecular formula is C17H14NO8S-. The Morgan fingerprint density at radius 1 is 1.33 bits per heavy atom. The maximum Gasteiger partial charge on any atom is 0.336 e. The van der Waals surface area contributed by atoms with Crippen LogP contribution in [0.15, 0.2) is 36.4 Å². The van der Waals surface area contributed by atoms with Crippen molar-refractivity contribution in [3.63, 3.8) is 0 Å². The molecule has 0 fully saturated rings. The largest absolute Gasteiger partial charge is 0.750 e.